The number of nitrogen functional groups attached to an aromatic ring is 1. The molecule has 0 saturated carbocycles. The minimum absolute atomic E-state index is 0.219. The molecule has 0 amide bonds. The maximum atomic E-state index is 12.8. The summed E-state index contributed by atoms with van der Waals surface area (Å²) in [7, 11) is 0. The van der Waals surface area contributed by atoms with E-state index >= 15 is 0 Å². The smallest absolute Gasteiger partial charge is 0.159 e. The minimum Gasteiger partial charge on any atom is -0.396 e. The van der Waals surface area contributed by atoms with E-state index in [-0.39, 0.29) is 11.5 Å². The minimum atomic E-state index is -0.319. The third-order valence-electron chi connectivity index (χ3n) is 1.02. The monoisotopic (exact) mass is 363 g/mol. The van der Waals surface area contributed by atoms with Gasteiger partial charge >= 0.3 is 0 Å². The first kappa shape index (κ1) is 8.51. The molecule has 1 nitrogen and oxygen atoms in total. The lowest BCUT2D eigenvalue weighted by molar-refractivity contribution is 0.625. The Balaban J connectivity index is 3.31. The molecular weight excluding hydrogens is 359 g/mol. The molecule has 1 aromatic rings. The second-order valence-electron chi connectivity index (χ2n) is 1.79. The van der Waals surface area contributed by atoms with Gasteiger partial charge in [-0.1, -0.05) is 0 Å². The Hall–Kier alpha value is 0.410. The summed E-state index contributed by atoms with van der Waals surface area (Å²) in [4.78, 5) is 0. The molecule has 4 heteroatoms. The fraction of sp³-hybridized carbons (Fsp3) is 0. The Labute approximate surface area is 85.5 Å². The lowest BCUT2D eigenvalue weighted by atomic mass is 10.3. The highest BCUT2D eigenvalue weighted by Crippen LogP contribution is 2.20. The normalized spacial score (nSPS) is 9.90. The van der Waals surface area contributed by atoms with Crippen LogP contribution in [-0.2, 0) is 0 Å². The van der Waals surface area contributed by atoms with Crippen molar-refractivity contribution in [1.29, 1.82) is 0 Å². The summed E-state index contributed by atoms with van der Waals surface area (Å²) in [5.41, 5.74) is 5.56. The van der Waals surface area contributed by atoms with E-state index in [9.17, 15) is 4.39 Å². The van der Waals surface area contributed by atoms with Crippen LogP contribution in [0, 0.1) is 13.0 Å². The van der Waals surface area contributed by atoms with Gasteiger partial charge in [0.15, 0.2) is 5.82 Å². The molecule has 0 fully saturated rings. The molecule has 0 aliphatic heterocycles. The Kier molecular flexibility index (Phi) is 2.73. The molecule has 0 atom stereocenters. The van der Waals surface area contributed by atoms with Gasteiger partial charge in [0, 0.05) is 3.57 Å². The van der Waals surface area contributed by atoms with E-state index in [0.29, 0.717) is 3.57 Å². The van der Waals surface area contributed by atoms with Crippen LogP contribution in [-0.4, -0.2) is 0 Å². The zero-order chi connectivity index (χ0) is 7.72. The van der Waals surface area contributed by atoms with E-state index in [1.165, 1.54) is 0 Å². The molecule has 0 radical (unpaired) electrons. The van der Waals surface area contributed by atoms with Crippen molar-refractivity contribution in [3.63, 3.8) is 0 Å². The number of hydrogen-bond acceptors (Lipinski definition) is 1. The van der Waals surface area contributed by atoms with Gasteiger partial charge in [-0.3, -0.25) is 0 Å². The molecule has 0 unspecified atom stereocenters. The Morgan fingerprint density at radius 3 is 2.40 bits per heavy atom. The zero-order valence-electron chi connectivity index (χ0n) is 4.87. The fourth-order valence-electron chi connectivity index (χ4n) is 0.576. The van der Waals surface area contributed by atoms with Crippen molar-refractivity contribution >= 4 is 50.9 Å². The van der Waals surface area contributed by atoms with E-state index < -0.39 is 0 Å². The van der Waals surface area contributed by atoms with Crippen molar-refractivity contribution in [3.8, 4) is 0 Å². The van der Waals surface area contributed by atoms with Crippen molar-refractivity contribution in [2.24, 2.45) is 0 Å². The highest BCUT2D eigenvalue weighted by atomic mass is 127. The number of halogens is 3. The first-order valence-corrected chi connectivity index (χ1v) is 4.67. The molecule has 0 bridgehead atoms. The summed E-state index contributed by atoms with van der Waals surface area (Å²) in [5.74, 6) is -0.319. The summed E-state index contributed by atoms with van der Waals surface area (Å²) in [5, 5.41) is 0. The summed E-state index contributed by atoms with van der Waals surface area (Å²) >= 11 is 4.01. The maximum absolute atomic E-state index is 12.8. The van der Waals surface area contributed by atoms with Crippen molar-refractivity contribution in [2.75, 3.05) is 5.73 Å². The SMILES string of the molecule is Nc1cc(I)cc(I)c1F. The molecule has 0 aromatic heterocycles. The number of rotatable bonds is 0. The average Bonchev–Trinajstić information content (AvgIpc) is 1.82. The molecular formula is C6H4FI2N. The lowest BCUT2D eigenvalue weighted by Gasteiger charge is -1.98. The van der Waals surface area contributed by atoms with Crippen LogP contribution in [0.3, 0.4) is 0 Å². The van der Waals surface area contributed by atoms with Crippen LogP contribution in [0.15, 0.2) is 12.1 Å². The second kappa shape index (κ2) is 3.21. The van der Waals surface area contributed by atoms with E-state index in [4.69, 9.17) is 5.73 Å². The van der Waals surface area contributed by atoms with Gasteiger partial charge in [-0.15, -0.1) is 0 Å². The molecule has 0 spiro atoms. The largest absolute Gasteiger partial charge is 0.396 e. The van der Waals surface area contributed by atoms with Crippen molar-refractivity contribution < 1.29 is 4.39 Å². The van der Waals surface area contributed by atoms with Gasteiger partial charge in [0.2, 0.25) is 0 Å². The van der Waals surface area contributed by atoms with Crippen molar-refractivity contribution in [1.82, 2.24) is 0 Å². The summed E-state index contributed by atoms with van der Waals surface area (Å²) in [6.07, 6.45) is 0. The predicted octanol–water partition coefficient (Wildman–Crippen LogP) is 2.62. The van der Waals surface area contributed by atoms with Gasteiger partial charge in [0.1, 0.15) is 0 Å². The maximum Gasteiger partial charge on any atom is 0.159 e. The Morgan fingerprint density at radius 2 is 1.90 bits per heavy atom. The van der Waals surface area contributed by atoms with E-state index in [0.717, 1.165) is 3.57 Å². The third-order valence-corrected chi connectivity index (χ3v) is 2.43. The number of benzene rings is 1. The lowest BCUT2D eigenvalue weighted by Crippen LogP contribution is -1.93. The van der Waals surface area contributed by atoms with Crippen LogP contribution >= 0.6 is 45.2 Å². The topological polar surface area (TPSA) is 26.0 Å². The van der Waals surface area contributed by atoms with E-state index in [1.54, 1.807) is 12.1 Å². The van der Waals surface area contributed by atoms with Crippen LogP contribution < -0.4 is 5.73 Å². The van der Waals surface area contributed by atoms with Gasteiger partial charge in [0.05, 0.1) is 9.26 Å². The first-order valence-electron chi connectivity index (χ1n) is 2.51. The first-order chi connectivity index (χ1) is 4.61. The van der Waals surface area contributed by atoms with Crippen molar-refractivity contribution in [2.45, 2.75) is 0 Å². The summed E-state index contributed by atoms with van der Waals surface area (Å²) in [6, 6.07) is 3.35. The molecule has 10 heavy (non-hydrogen) atoms. The Bertz CT molecular complexity index is 239. The fourth-order valence-corrected chi connectivity index (χ4v) is 2.47. The predicted molar refractivity (Wildman–Crippen MR) is 56.2 cm³/mol. The van der Waals surface area contributed by atoms with Gasteiger partial charge in [-0.2, -0.15) is 0 Å². The number of hydrogen-bond donors (Lipinski definition) is 1. The molecule has 1 rings (SSSR count). The highest BCUT2D eigenvalue weighted by Gasteiger charge is 2.03. The highest BCUT2D eigenvalue weighted by molar-refractivity contribution is 14.1. The summed E-state index contributed by atoms with van der Waals surface area (Å²) in [6.45, 7) is 0. The van der Waals surface area contributed by atoms with Gasteiger partial charge in [0.25, 0.3) is 0 Å². The van der Waals surface area contributed by atoms with Crippen LogP contribution in [0.1, 0.15) is 0 Å². The van der Waals surface area contributed by atoms with Gasteiger partial charge < -0.3 is 5.73 Å². The van der Waals surface area contributed by atoms with Crippen LogP contribution in [0.25, 0.3) is 0 Å². The van der Waals surface area contributed by atoms with Crippen LogP contribution in [0.5, 0.6) is 0 Å². The molecule has 0 heterocycles. The number of nitrogens with two attached hydrogens (primary N) is 1. The van der Waals surface area contributed by atoms with Gasteiger partial charge in [-0.25, -0.2) is 4.39 Å². The van der Waals surface area contributed by atoms with Crippen LogP contribution in [0.4, 0.5) is 10.1 Å². The van der Waals surface area contributed by atoms with E-state index in [1.807, 2.05) is 22.6 Å². The molecule has 1 aromatic carbocycles. The zero-order valence-corrected chi connectivity index (χ0v) is 9.18. The summed E-state index contributed by atoms with van der Waals surface area (Å²) < 4.78 is 14.3. The quantitative estimate of drug-likeness (QED) is 0.428. The standard InChI is InChI=1S/C6H4FI2N/c7-6-4(9)1-3(8)2-5(6)10/h1-2H,10H2. The molecule has 54 valence electrons. The second-order valence-corrected chi connectivity index (χ2v) is 4.20. The van der Waals surface area contributed by atoms with Crippen molar-refractivity contribution in [3.05, 3.63) is 25.1 Å². The molecule has 0 saturated heterocycles. The molecule has 2 N–H and O–H groups in total. The van der Waals surface area contributed by atoms with Gasteiger partial charge in [-0.05, 0) is 57.3 Å². The number of anilines is 1. The average molecular weight is 363 g/mol. The third kappa shape index (κ3) is 1.71. The molecule has 0 aliphatic rings. The Morgan fingerprint density at radius 1 is 1.30 bits per heavy atom. The van der Waals surface area contributed by atoms with E-state index in [2.05, 4.69) is 22.6 Å². The van der Waals surface area contributed by atoms with Crippen LogP contribution in [0.2, 0.25) is 0 Å². The molecule has 0 aliphatic carbocycles.